The number of thioether (sulfide) groups is 1. The first-order valence-corrected chi connectivity index (χ1v) is 8.47. The molecule has 104 valence electrons. The van der Waals surface area contributed by atoms with Crippen LogP contribution in [0.4, 0.5) is 0 Å². The Balaban J connectivity index is 1.57. The Morgan fingerprint density at radius 3 is 3.05 bits per heavy atom. The monoisotopic (exact) mass is 277 g/mol. The fourth-order valence-corrected chi connectivity index (χ4v) is 4.40. The van der Waals surface area contributed by atoms with Gasteiger partial charge in [-0.25, -0.2) is 0 Å². The summed E-state index contributed by atoms with van der Waals surface area (Å²) in [5.41, 5.74) is 2.99. The van der Waals surface area contributed by atoms with Gasteiger partial charge in [0.1, 0.15) is 5.75 Å². The van der Waals surface area contributed by atoms with Crippen molar-refractivity contribution in [3.8, 4) is 5.75 Å². The summed E-state index contributed by atoms with van der Waals surface area (Å²) >= 11 is 2.11. The van der Waals surface area contributed by atoms with Crippen LogP contribution in [0, 0.1) is 5.92 Å². The maximum absolute atomic E-state index is 5.33. The molecule has 1 saturated heterocycles. The van der Waals surface area contributed by atoms with Crippen LogP contribution in [-0.2, 0) is 12.8 Å². The SMILES string of the molecule is COc1ccc2c(c1)CC(NCC1CCSC1)CC2. The molecule has 1 aromatic rings. The van der Waals surface area contributed by atoms with Crippen molar-refractivity contribution in [1.29, 1.82) is 0 Å². The molecule has 1 heterocycles. The number of benzene rings is 1. The van der Waals surface area contributed by atoms with Crippen molar-refractivity contribution in [2.45, 2.75) is 31.7 Å². The lowest BCUT2D eigenvalue weighted by Crippen LogP contribution is -2.37. The van der Waals surface area contributed by atoms with Crippen molar-refractivity contribution in [1.82, 2.24) is 5.32 Å². The maximum Gasteiger partial charge on any atom is 0.119 e. The van der Waals surface area contributed by atoms with Crippen LogP contribution in [0.15, 0.2) is 18.2 Å². The molecular formula is C16H23NOS. The number of methoxy groups -OCH3 is 1. The van der Waals surface area contributed by atoms with Gasteiger partial charge in [0.2, 0.25) is 0 Å². The quantitative estimate of drug-likeness (QED) is 0.914. The molecule has 0 amide bonds. The molecule has 1 fully saturated rings. The molecule has 1 aliphatic heterocycles. The molecule has 3 heteroatoms. The summed E-state index contributed by atoms with van der Waals surface area (Å²) in [6, 6.07) is 7.19. The van der Waals surface area contributed by atoms with Crippen molar-refractivity contribution in [3.05, 3.63) is 29.3 Å². The second-order valence-corrected chi connectivity index (χ2v) is 6.86. The fraction of sp³-hybridized carbons (Fsp3) is 0.625. The van der Waals surface area contributed by atoms with E-state index in [0.29, 0.717) is 6.04 Å². The summed E-state index contributed by atoms with van der Waals surface area (Å²) in [5, 5.41) is 3.79. The summed E-state index contributed by atoms with van der Waals surface area (Å²) in [7, 11) is 1.75. The molecular weight excluding hydrogens is 254 g/mol. The average Bonchev–Trinajstić information content (AvgIpc) is 2.97. The first-order chi connectivity index (χ1) is 9.35. The molecule has 0 saturated carbocycles. The number of rotatable bonds is 4. The third-order valence-corrected chi connectivity index (χ3v) is 5.59. The van der Waals surface area contributed by atoms with E-state index in [0.717, 1.165) is 18.1 Å². The van der Waals surface area contributed by atoms with E-state index in [2.05, 4.69) is 35.3 Å². The maximum atomic E-state index is 5.33. The van der Waals surface area contributed by atoms with E-state index < -0.39 is 0 Å². The van der Waals surface area contributed by atoms with Gasteiger partial charge >= 0.3 is 0 Å². The van der Waals surface area contributed by atoms with E-state index in [4.69, 9.17) is 4.74 Å². The zero-order valence-corrected chi connectivity index (χ0v) is 12.5. The van der Waals surface area contributed by atoms with Crippen molar-refractivity contribution in [3.63, 3.8) is 0 Å². The van der Waals surface area contributed by atoms with Gasteiger partial charge in [-0.2, -0.15) is 11.8 Å². The summed E-state index contributed by atoms with van der Waals surface area (Å²) in [4.78, 5) is 0. The number of hydrogen-bond acceptors (Lipinski definition) is 3. The van der Waals surface area contributed by atoms with Crippen molar-refractivity contribution < 1.29 is 4.74 Å². The third-order valence-electron chi connectivity index (χ3n) is 4.36. The standard InChI is InChI=1S/C16H23NOS/c1-18-16-5-3-13-2-4-15(8-14(13)9-16)17-10-12-6-7-19-11-12/h3,5,9,12,15,17H,2,4,6-8,10-11H2,1H3. The Bertz CT molecular complexity index is 429. The Labute approximate surface area is 120 Å². The zero-order valence-electron chi connectivity index (χ0n) is 11.7. The van der Waals surface area contributed by atoms with Crippen LogP contribution in [-0.4, -0.2) is 31.2 Å². The minimum Gasteiger partial charge on any atom is -0.497 e. The van der Waals surface area contributed by atoms with Gasteiger partial charge in [-0.1, -0.05) is 6.07 Å². The number of aryl methyl sites for hydroxylation is 1. The lowest BCUT2D eigenvalue weighted by Gasteiger charge is -2.27. The lowest BCUT2D eigenvalue weighted by atomic mass is 9.88. The Hall–Kier alpha value is -0.670. The molecule has 1 N–H and O–H groups in total. The van der Waals surface area contributed by atoms with Crippen molar-refractivity contribution in [2.75, 3.05) is 25.2 Å². The first-order valence-electron chi connectivity index (χ1n) is 7.32. The summed E-state index contributed by atoms with van der Waals surface area (Å²) in [6.07, 6.45) is 5.04. The molecule has 19 heavy (non-hydrogen) atoms. The van der Waals surface area contributed by atoms with Gasteiger partial charge in [-0.15, -0.1) is 0 Å². The molecule has 0 spiro atoms. The van der Waals surface area contributed by atoms with Crippen molar-refractivity contribution in [2.24, 2.45) is 5.92 Å². The smallest absolute Gasteiger partial charge is 0.119 e. The molecule has 2 unspecified atom stereocenters. The zero-order chi connectivity index (χ0) is 13.1. The number of nitrogens with one attached hydrogen (secondary N) is 1. The average molecular weight is 277 g/mol. The highest BCUT2D eigenvalue weighted by Crippen LogP contribution is 2.27. The normalized spacial score (nSPS) is 26.2. The Morgan fingerprint density at radius 1 is 1.32 bits per heavy atom. The second-order valence-electron chi connectivity index (χ2n) is 5.71. The predicted octanol–water partition coefficient (Wildman–Crippen LogP) is 2.90. The minimum absolute atomic E-state index is 0.658. The lowest BCUT2D eigenvalue weighted by molar-refractivity contribution is 0.404. The Morgan fingerprint density at radius 2 is 2.26 bits per heavy atom. The summed E-state index contributed by atoms with van der Waals surface area (Å²) < 4.78 is 5.33. The molecule has 0 radical (unpaired) electrons. The number of hydrogen-bond donors (Lipinski definition) is 1. The van der Waals surface area contributed by atoms with Gasteiger partial charge in [-0.05, 0) is 72.9 Å². The Kier molecular flexibility index (Phi) is 4.34. The van der Waals surface area contributed by atoms with E-state index in [1.807, 2.05) is 0 Å². The van der Waals surface area contributed by atoms with Gasteiger partial charge in [0, 0.05) is 6.04 Å². The molecule has 1 aliphatic carbocycles. The predicted molar refractivity (Wildman–Crippen MR) is 82.2 cm³/mol. The van der Waals surface area contributed by atoms with Crippen molar-refractivity contribution >= 4 is 11.8 Å². The molecule has 0 bridgehead atoms. The minimum atomic E-state index is 0.658. The molecule has 1 aromatic carbocycles. The van der Waals surface area contributed by atoms with Crippen LogP contribution in [0.25, 0.3) is 0 Å². The summed E-state index contributed by atoms with van der Waals surface area (Å²) in [6.45, 7) is 1.21. The van der Waals surface area contributed by atoms with Gasteiger partial charge in [-0.3, -0.25) is 0 Å². The van der Waals surface area contributed by atoms with E-state index >= 15 is 0 Å². The van der Waals surface area contributed by atoms with E-state index in [1.165, 1.54) is 48.4 Å². The first kappa shape index (κ1) is 13.3. The molecule has 2 nitrogen and oxygen atoms in total. The van der Waals surface area contributed by atoms with Gasteiger partial charge in [0.25, 0.3) is 0 Å². The largest absolute Gasteiger partial charge is 0.497 e. The number of fused-ring (bicyclic) bond motifs is 1. The van der Waals surface area contributed by atoms with Gasteiger partial charge in [0.05, 0.1) is 7.11 Å². The van der Waals surface area contributed by atoms with Gasteiger partial charge < -0.3 is 10.1 Å². The number of ether oxygens (including phenoxy) is 1. The van der Waals surface area contributed by atoms with Crippen LogP contribution >= 0.6 is 11.8 Å². The van der Waals surface area contributed by atoms with Crippen LogP contribution < -0.4 is 10.1 Å². The highest BCUT2D eigenvalue weighted by Gasteiger charge is 2.21. The van der Waals surface area contributed by atoms with Crippen LogP contribution in [0.1, 0.15) is 24.0 Å². The van der Waals surface area contributed by atoms with Crippen LogP contribution in [0.3, 0.4) is 0 Å². The third kappa shape index (κ3) is 3.26. The van der Waals surface area contributed by atoms with Gasteiger partial charge in [0.15, 0.2) is 0 Å². The van der Waals surface area contributed by atoms with E-state index in [1.54, 1.807) is 7.11 Å². The highest BCUT2D eigenvalue weighted by molar-refractivity contribution is 7.99. The van der Waals surface area contributed by atoms with E-state index in [9.17, 15) is 0 Å². The molecule has 0 aromatic heterocycles. The van der Waals surface area contributed by atoms with E-state index in [-0.39, 0.29) is 0 Å². The molecule has 3 rings (SSSR count). The molecule has 2 aliphatic rings. The second kappa shape index (κ2) is 6.19. The topological polar surface area (TPSA) is 21.3 Å². The highest BCUT2D eigenvalue weighted by atomic mass is 32.2. The fourth-order valence-electron chi connectivity index (χ4n) is 3.11. The summed E-state index contributed by atoms with van der Waals surface area (Å²) in [5.74, 6) is 4.60. The molecule has 2 atom stereocenters. The van der Waals surface area contributed by atoms with Crippen LogP contribution in [0.5, 0.6) is 5.75 Å². The van der Waals surface area contributed by atoms with Crippen LogP contribution in [0.2, 0.25) is 0 Å².